The summed E-state index contributed by atoms with van der Waals surface area (Å²) in [4.78, 5) is 13.0. The van der Waals surface area contributed by atoms with E-state index in [1.54, 1.807) is 0 Å². The molecule has 1 aromatic heterocycles. The molecule has 1 heterocycles. The zero-order valence-electron chi connectivity index (χ0n) is 30.7. The van der Waals surface area contributed by atoms with Crippen molar-refractivity contribution in [1.82, 2.24) is 9.55 Å². The lowest BCUT2D eigenvalue weighted by molar-refractivity contribution is 1.04. The van der Waals surface area contributed by atoms with Gasteiger partial charge >= 0.3 is 0 Å². The van der Waals surface area contributed by atoms with Gasteiger partial charge in [-0.25, -0.2) is 4.98 Å². The molecule has 4 nitrogen and oxygen atoms in total. The molecule has 262 valence electrons. The summed E-state index contributed by atoms with van der Waals surface area (Å²) in [6, 6.07) is 63.6. The molecule has 0 bridgehead atoms. The van der Waals surface area contributed by atoms with Crippen molar-refractivity contribution in [2.45, 2.75) is 26.7 Å². The van der Waals surface area contributed by atoms with Gasteiger partial charge in [0.15, 0.2) is 0 Å². The molecule has 7 aromatic carbocycles. The first-order valence-corrected chi connectivity index (χ1v) is 18.5. The Balaban J connectivity index is 1.37. The second-order valence-corrected chi connectivity index (χ2v) is 13.6. The number of aryl methyl sites for hydroxylation is 3. The number of fused-ring (bicyclic) bond motifs is 1. The predicted molar refractivity (Wildman–Crippen MR) is 227 cm³/mol. The molecule has 0 aliphatic heterocycles. The third-order valence-corrected chi connectivity index (χ3v) is 9.94. The molecule has 8 aromatic rings. The zero-order valence-corrected chi connectivity index (χ0v) is 30.7. The van der Waals surface area contributed by atoms with E-state index in [1.165, 1.54) is 5.56 Å². The van der Waals surface area contributed by atoms with Crippen molar-refractivity contribution in [1.29, 1.82) is 0 Å². The fraction of sp³-hybridized carbons (Fsp3) is 0.0800. The van der Waals surface area contributed by atoms with Gasteiger partial charge in [0, 0.05) is 34.0 Å². The molecular weight excluding hydrogens is 657 g/mol. The standard InChI is InChI=1S/C50H42N4/c1-36-19-13-15-27-45(36)51-46(32-31-39-21-7-4-8-22-39)41-33-40(38(3)53(43-23-9-5-10-24-43)48-29-17-14-20-37(48)2)34-42(35-41)50-52-47-28-16-18-30-49(47)54(50)44-25-11-6-12-26-44/h4-30,33-35H,3,31-32H2,1-2H3. The highest BCUT2D eigenvalue weighted by atomic mass is 15.2. The number of hydrogen-bond acceptors (Lipinski definition) is 3. The van der Waals surface area contributed by atoms with Gasteiger partial charge in [0.1, 0.15) is 5.82 Å². The summed E-state index contributed by atoms with van der Waals surface area (Å²) in [6.45, 7) is 9.10. The number of imidazole rings is 1. The van der Waals surface area contributed by atoms with Crippen LogP contribution in [0.5, 0.6) is 0 Å². The van der Waals surface area contributed by atoms with Crippen LogP contribution in [0.2, 0.25) is 0 Å². The number of benzene rings is 7. The van der Waals surface area contributed by atoms with Gasteiger partial charge in [-0.3, -0.25) is 9.56 Å². The number of nitrogens with zero attached hydrogens (tertiary/aromatic N) is 4. The quantitative estimate of drug-likeness (QED) is 0.126. The van der Waals surface area contributed by atoms with E-state index >= 15 is 0 Å². The Hall–Kier alpha value is -6.78. The number of para-hydroxylation sites is 6. The van der Waals surface area contributed by atoms with Crippen LogP contribution < -0.4 is 4.90 Å². The van der Waals surface area contributed by atoms with Crippen LogP contribution in [0, 0.1) is 13.8 Å². The first kappa shape index (κ1) is 34.3. The highest BCUT2D eigenvalue weighted by Gasteiger charge is 2.22. The average Bonchev–Trinajstić information content (AvgIpc) is 3.62. The summed E-state index contributed by atoms with van der Waals surface area (Å²) in [5.41, 5.74) is 14.6. The Morgan fingerprint density at radius 1 is 0.630 bits per heavy atom. The topological polar surface area (TPSA) is 33.4 Å². The van der Waals surface area contributed by atoms with E-state index in [1.807, 2.05) is 0 Å². The van der Waals surface area contributed by atoms with Crippen molar-refractivity contribution in [3.8, 4) is 17.1 Å². The lowest BCUT2D eigenvalue weighted by atomic mass is 9.95. The summed E-state index contributed by atoms with van der Waals surface area (Å²) in [5, 5.41) is 0. The summed E-state index contributed by atoms with van der Waals surface area (Å²) >= 11 is 0. The first-order valence-electron chi connectivity index (χ1n) is 18.5. The molecule has 0 aliphatic carbocycles. The summed E-state index contributed by atoms with van der Waals surface area (Å²) in [5.74, 6) is 0.860. The van der Waals surface area contributed by atoms with Gasteiger partial charge in [0.2, 0.25) is 0 Å². The number of aromatic nitrogens is 2. The number of anilines is 2. The minimum absolute atomic E-state index is 0.753. The Labute approximate surface area is 318 Å². The summed E-state index contributed by atoms with van der Waals surface area (Å²) in [7, 11) is 0. The molecule has 0 fully saturated rings. The third kappa shape index (κ3) is 7.15. The Morgan fingerprint density at radius 2 is 1.24 bits per heavy atom. The Morgan fingerprint density at radius 3 is 1.98 bits per heavy atom. The van der Waals surface area contributed by atoms with Gasteiger partial charge in [-0.15, -0.1) is 0 Å². The fourth-order valence-corrected chi connectivity index (χ4v) is 7.12. The maximum absolute atomic E-state index is 5.42. The minimum atomic E-state index is 0.753. The smallest absolute Gasteiger partial charge is 0.145 e. The summed E-state index contributed by atoms with van der Waals surface area (Å²) in [6.07, 6.45) is 1.61. The molecule has 0 atom stereocenters. The van der Waals surface area contributed by atoms with Crippen LogP contribution in [0.4, 0.5) is 17.1 Å². The van der Waals surface area contributed by atoms with Crippen LogP contribution in [0.1, 0.15) is 34.2 Å². The number of hydrogen-bond donors (Lipinski definition) is 0. The van der Waals surface area contributed by atoms with E-state index in [4.69, 9.17) is 16.6 Å². The molecule has 0 saturated heterocycles. The lowest BCUT2D eigenvalue weighted by Crippen LogP contribution is -2.16. The molecule has 0 N–H and O–H groups in total. The third-order valence-electron chi connectivity index (χ3n) is 9.94. The van der Waals surface area contributed by atoms with Crippen LogP contribution in [0.25, 0.3) is 33.8 Å². The van der Waals surface area contributed by atoms with Gasteiger partial charge in [0.25, 0.3) is 0 Å². The van der Waals surface area contributed by atoms with Crippen molar-refractivity contribution in [3.05, 3.63) is 216 Å². The fourth-order valence-electron chi connectivity index (χ4n) is 7.12. The molecule has 54 heavy (non-hydrogen) atoms. The van der Waals surface area contributed by atoms with E-state index in [0.29, 0.717) is 0 Å². The molecule has 4 heteroatoms. The van der Waals surface area contributed by atoms with Crippen molar-refractivity contribution in [3.63, 3.8) is 0 Å². The van der Waals surface area contributed by atoms with Crippen LogP contribution in [0.15, 0.2) is 194 Å². The second kappa shape index (κ2) is 15.4. The normalized spacial score (nSPS) is 11.5. The minimum Gasteiger partial charge on any atom is -0.310 e. The van der Waals surface area contributed by atoms with E-state index in [-0.39, 0.29) is 0 Å². The van der Waals surface area contributed by atoms with Gasteiger partial charge in [-0.05, 0) is 121 Å². The molecule has 0 radical (unpaired) electrons. The van der Waals surface area contributed by atoms with Crippen LogP contribution in [-0.4, -0.2) is 15.3 Å². The van der Waals surface area contributed by atoms with Crippen molar-refractivity contribution in [2.75, 3.05) is 4.90 Å². The number of rotatable bonds is 11. The predicted octanol–water partition coefficient (Wildman–Crippen LogP) is 12.9. The second-order valence-electron chi connectivity index (χ2n) is 13.6. The SMILES string of the molecule is C=C(c1cc(C(CCc2ccccc2)=Nc2ccccc2C)cc(-c2nc3ccccc3n2-c2ccccc2)c1)N(c1ccccc1)c1ccccc1C. The molecule has 8 rings (SSSR count). The molecule has 0 saturated carbocycles. The van der Waals surface area contributed by atoms with E-state index in [2.05, 4.69) is 205 Å². The maximum atomic E-state index is 5.42. The van der Waals surface area contributed by atoms with Crippen LogP contribution >= 0.6 is 0 Å². The van der Waals surface area contributed by atoms with Crippen molar-refractivity contribution >= 4 is 39.5 Å². The van der Waals surface area contributed by atoms with E-state index in [9.17, 15) is 0 Å². The molecule has 0 unspecified atom stereocenters. The zero-order chi connectivity index (χ0) is 36.9. The highest BCUT2D eigenvalue weighted by molar-refractivity contribution is 6.04. The monoisotopic (exact) mass is 698 g/mol. The van der Waals surface area contributed by atoms with Gasteiger partial charge in [-0.1, -0.05) is 122 Å². The number of aliphatic imine (C=N–C) groups is 1. The van der Waals surface area contributed by atoms with Gasteiger partial charge in [-0.2, -0.15) is 0 Å². The molecular formula is C50H42N4. The molecule has 0 amide bonds. The lowest BCUT2D eigenvalue weighted by Gasteiger charge is -2.29. The van der Waals surface area contributed by atoms with Crippen LogP contribution in [-0.2, 0) is 6.42 Å². The van der Waals surface area contributed by atoms with Crippen molar-refractivity contribution in [2.24, 2.45) is 4.99 Å². The first-order chi connectivity index (χ1) is 26.5. The van der Waals surface area contributed by atoms with Crippen molar-refractivity contribution < 1.29 is 0 Å². The molecule has 0 spiro atoms. The van der Waals surface area contributed by atoms with Crippen LogP contribution in [0.3, 0.4) is 0 Å². The van der Waals surface area contributed by atoms with Gasteiger partial charge in [0.05, 0.1) is 16.7 Å². The Bertz CT molecular complexity index is 2580. The molecule has 0 aliphatic rings. The summed E-state index contributed by atoms with van der Waals surface area (Å²) < 4.78 is 2.26. The largest absolute Gasteiger partial charge is 0.310 e. The Kier molecular flexibility index (Phi) is 9.82. The van der Waals surface area contributed by atoms with E-state index < -0.39 is 0 Å². The maximum Gasteiger partial charge on any atom is 0.145 e. The van der Waals surface area contributed by atoms with E-state index in [0.717, 1.165) is 91.7 Å². The average molecular weight is 699 g/mol. The van der Waals surface area contributed by atoms with Gasteiger partial charge < -0.3 is 4.90 Å². The highest BCUT2D eigenvalue weighted by Crippen LogP contribution is 2.38.